The monoisotopic (exact) mass is 124 g/mol. The van der Waals surface area contributed by atoms with Crippen molar-refractivity contribution in [2.45, 2.75) is 13.8 Å². The van der Waals surface area contributed by atoms with Crippen LogP contribution >= 0.6 is 0 Å². The van der Waals surface area contributed by atoms with Gasteiger partial charge in [0.2, 0.25) is 0 Å². The van der Waals surface area contributed by atoms with Gasteiger partial charge in [0.15, 0.2) is 5.82 Å². The second-order valence-corrected chi connectivity index (χ2v) is 1.87. The first-order valence-electron chi connectivity index (χ1n) is 2.62. The third kappa shape index (κ3) is 0.960. The molecule has 0 fully saturated rings. The summed E-state index contributed by atoms with van der Waals surface area (Å²) in [7, 11) is 0. The number of hydrogen-bond donors (Lipinski definition) is 0. The fourth-order valence-corrected chi connectivity index (χ4v) is 0.584. The zero-order valence-electron chi connectivity index (χ0n) is 5.50. The summed E-state index contributed by atoms with van der Waals surface area (Å²) in [6.07, 6.45) is 0. The molecular formula is C5H8N4. The number of aromatic nitrogens is 4. The Labute approximate surface area is 53.2 Å². The Morgan fingerprint density at radius 1 is 1.67 bits per heavy atom. The molecule has 48 valence electrons. The van der Waals surface area contributed by atoms with Crippen LogP contribution in [0.25, 0.3) is 5.70 Å². The minimum atomic E-state index is 0.766. The standard InChI is InChI=1S/C5H8N4/c1-4(2)9-5(3)6-7-8-9/h1H2,2-3H3. The van der Waals surface area contributed by atoms with Gasteiger partial charge < -0.3 is 0 Å². The largest absolute Gasteiger partial charge is 0.203 e. The Balaban J connectivity index is 3.08. The van der Waals surface area contributed by atoms with E-state index in [0.29, 0.717) is 0 Å². The molecule has 0 aliphatic rings. The van der Waals surface area contributed by atoms with Gasteiger partial charge in [-0.1, -0.05) is 6.58 Å². The molecule has 0 saturated carbocycles. The number of rotatable bonds is 1. The van der Waals surface area contributed by atoms with Crippen LogP contribution in [0.2, 0.25) is 0 Å². The summed E-state index contributed by atoms with van der Waals surface area (Å²) < 4.78 is 1.58. The molecular weight excluding hydrogens is 116 g/mol. The number of aryl methyl sites for hydroxylation is 1. The topological polar surface area (TPSA) is 43.6 Å². The van der Waals surface area contributed by atoms with Crippen LogP contribution in [-0.4, -0.2) is 20.2 Å². The van der Waals surface area contributed by atoms with E-state index in [9.17, 15) is 0 Å². The highest BCUT2D eigenvalue weighted by molar-refractivity contribution is 5.35. The van der Waals surface area contributed by atoms with Gasteiger partial charge in [-0.2, -0.15) is 0 Å². The molecule has 0 aliphatic heterocycles. The maximum Gasteiger partial charge on any atom is 0.153 e. The van der Waals surface area contributed by atoms with Crippen LogP contribution in [0, 0.1) is 6.92 Å². The van der Waals surface area contributed by atoms with Crippen LogP contribution in [0.15, 0.2) is 6.58 Å². The number of allylic oxidation sites excluding steroid dienone is 1. The highest BCUT2D eigenvalue weighted by Crippen LogP contribution is 1.96. The van der Waals surface area contributed by atoms with E-state index in [2.05, 4.69) is 22.1 Å². The summed E-state index contributed by atoms with van der Waals surface area (Å²) in [6, 6.07) is 0. The van der Waals surface area contributed by atoms with Crippen molar-refractivity contribution in [2.24, 2.45) is 0 Å². The molecule has 1 aromatic heterocycles. The van der Waals surface area contributed by atoms with Crippen molar-refractivity contribution in [1.82, 2.24) is 20.2 Å². The maximum atomic E-state index is 3.68. The van der Waals surface area contributed by atoms with E-state index < -0.39 is 0 Å². The van der Waals surface area contributed by atoms with Crippen molar-refractivity contribution < 1.29 is 0 Å². The quantitative estimate of drug-likeness (QED) is 0.546. The van der Waals surface area contributed by atoms with Gasteiger partial charge in [-0.15, -0.1) is 5.10 Å². The molecule has 0 saturated heterocycles. The average Bonchev–Trinajstić information content (AvgIpc) is 2.13. The second kappa shape index (κ2) is 1.97. The molecule has 1 rings (SSSR count). The summed E-state index contributed by atoms with van der Waals surface area (Å²) in [6.45, 7) is 7.36. The first-order valence-corrected chi connectivity index (χ1v) is 2.62. The summed E-state index contributed by atoms with van der Waals surface area (Å²) >= 11 is 0. The van der Waals surface area contributed by atoms with Gasteiger partial charge in [0.1, 0.15) is 0 Å². The first-order chi connectivity index (χ1) is 4.22. The van der Waals surface area contributed by atoms with Crippen LogP contribution in [0.3, 0.4) is 0 Å². The van der Waals surface area contributed by atoms with Crippen LogP contribution in [0.1, 0.15) is 12.7 Å². The summed E-state index contributed by atoms with van der Waals surface area (Å²) in [5.41, 5.74) is 0.831. The molecule has 0 aromatic carbocycles. The van der Waals surface area contributed by atoms with Crippen LogP contribution < -0.4 is 0 Å². The minimum absolute atomic E-state index is 0.766. The number of nitrogens with zero attached hydrogens (tertiary/aromatic N) is 4. The number of tetrazole rings is 1. The van der Waals surface area contributed by atoms with Gasteiger partial charge in [-0.3, -0.25) is 0 Å². The molecule has 0 spiro atoms. The SMILES string of the molecule is C=C(C)n1nnnc1C. The highest BCUT2D eigenvalue weighted by atomic mass is 15.5. The van der Waals surface area contributed by atoms with Crippen LogP contribution in [0.4, 0.5) is 0 Å². The molecule has 0 aliphatic carbocycles. The molecule has 0 unspecified atom stereocenters. The molecule has 0 N–H and O–H groups in total. The molecule has 4 nitrogen and oxygen atoms in total. The van der Waals surface area contributed by atoms with E-state index in [1.54, 1.807) is 4.68 Å². The Bertz CT molecular complexity index is 225. The van der Waals surface area contributed by atoms with Crippen molar-refractivity contribution in [3.05, 3.63) is 12.4 Å². The lowest BCUT2D eigenvalue weighted by molar-refractivity contribution is 0.791. The van der Waals surface area contributed by atoms with Gasteiger partial charge in [0.05, 0.1) is 0 Å². The Morgan fingerprint density at radius 2 is 2.33 bits per heavy atom. The highest BCUT2D eigenvalue weighted by Gasteiger charge is 1.97. The van der Waals surface area contributed by atoms with E-state index >= 15 is 0 Å². The van der Waals surface area contributed by atoms with Gasteiger partial charge in [0.25, 0.3) is 0 Å². The fraction of sp³-hybridized carbons (Fsp3) is 0.400. The van der Waals surface area contributed by atoms with Crippen molar-refractivity contribution in [1.29, 1.82) is 0 Å². The van der Waals surface area contributed by atoms with E-state index in [4.69, 9.17) is 0 Å². The van der Waals surface area contributed by atoms with Crippen LogP contribution in [0.5, 0.6) is 0 Å². The lowest BCUT2D eigenvalue weighted by Gasteiger charge is -1.94. The predicted octanol–water partition coefficient (Wildman–Crippen LogP) is 0.472. The fourth-order valence-electron chi connectivity index (χ4n) is 0.584. The van der Waals surface area contributed by atoms with E-state index in [1.165, 1.54) is 0 Å². The summed E-state index contributed by atoms with van der Waals surface area (Å²) in [4.78, 5) is 0. The Morgan fingerprint density at radius 3 is 2.56 bits per heavy atom. The smallest absolute Gasteiger partial charge is 0.153 e. The van der Waals surface area contributed by atoms with Gasteiger partial charge in [0, 0.05) is 5.70 Å². The maximum absolute atomic E-state index is 3.68. The molecule has 0 atom stereocenters. The second-order valence-electron chi connectivity index (χ2n) is 1.87. The van der Waals surface area contributed by atoms with Gasteiger partial charge in [-0.05, 0) is 24.3 Å². The Kier molecular flexibility index (Phi) is 1.30. The molecule has 0 radical (unpaired) electrons. The zero-order valence-corrected chi connectivity index (χ0v) is 5.50. The van der Waals surface area contributed by atoms with Crippen molar-refractivity contribution in [3.63, 3.8) is 0 Å². The number of hydrogen-bond acceptors (Lipinski definition) is 3. The lowest BCUT2D eigenvalue weighted by Crippen LogP contribution is -1.96. The van der Waals surface area contributed by atoms with Crippen molar-refractivity contribution >= 4 is 5.70 Å². The van der Waals surface area contributed by atoms with Crippen molar-refractivity contribution in [3.8, 4) is 0 Å². The van der Waals surface area contributed by atoms with Gasteiger partial charge >= 0.3 is 0 Å². The third-order valence-electron chi connectivity index (χ3n) is 0.987. The van der Waals surface area contributed by atoms with E-state index in [0.717, 1.165) is 11.5 Å². The molecule has 1 aromatic rings. The van der Waals surface area contributed by atoms with Gasteiger partial charge in [-0.25, -0.2) is 4.68 Å². The van der Waals surface area contributed by atoms with E-state index in [-0.39, 0.29) is 0 Å². The van der Waals surface area contributed by atoms with Crippen molar-refractivity contribution in [2.75, 3.05) is 0 Å². The minimum Gasteiger partial charge on any atom is -0.203 e. The first kappa shape index (κ1) is 5.94. The van der Waals surface area contributed by atoms with E-state index in [1.807, 2.05) is 13.8 Å². The third-order valence-corrected chi connectivity index (χ3v) is 0.987. The molecule has 0 amide bonds. The normalized spacial score (nSPS) is 9.56. The molecule has 0 bridgehead atoms. The van der Waals surface area contributed by atoms with Crippen LogP contribution in [-0.2, 0) is 0 Å². The molecule has 1 heterocycles. The Hall–Kier alpha value is -1.19. The summed E-state index contributed by atoms with van der Waals surface area (Å²) in [5.74, 6) is 0.766. The summed E-state index contributed by atoms with van der Waals surface area (Å²) in [5, 5.41) is 10.8. The molecule has 4 heteroatoms. The predicted molar refractivity (Wildman–Crippen MR) is 33.6 cm³/mol. The zero-order chi connectivity index (χ0) is 6.85. The lowest BCUT2D eigenvalue weighted by atomic mass is 10.5. The molecule has 9 heavy (non-hydrogen) atoms. The average molecular weight is 124 g/mol.